The Morgan fingerprint density at radius 1 is 1.35 bits per heavy atom. The van der Waals surface area contributed by atoms with E-state index in [1.807, 2.05) is 19.9 Å². The number of nitrogens with one attached hydrogen (secondary N) is 2. The molecule has 1 atom stereocenters. The van der Waals surface area contributed by atoms with E-state index in [9.17, 15) is 13.2 Å². The lowest BCUT2D eigenvalue weighted by molar-refractivity contribution is 0.565. The first-order valence-corrected chi connectivity index (χ1v) is 8.37. The molecule has 5 nitrogen and oxygen atoms in total. The molecule has 0 saturated carbocycles. The largest absolute Gasteiger partial charge is 0.366 e. The van der Waals surface area contributed by atoms with Crippen LogP contribution in [-0.4, -0.2) is 13.4 Å². The van der Waals surface area contributed by atoms with E-state index in [1.165, 1.54) is 18.5 Å². The van der Waals surface area contributed by atoms with E-state index in [4.69, 9.17) is 0 Å². The van der Waals surface area contributed by atoms with Gasteiger partial charge in [0.1, 0.15) is 4.90 Å². The fraction of sp³-hybridized carbons (Fsp3) is 0.308. The summed E-state index contributed by atoms with van der Waals surface area (Å²) in [7, 11) is -3.83. The van der Waals surface area contributed by atoms with Crippen molar-refractivity contribution in [3.05, 3.63) is 50.1 Å². The van der Waals surface area contributed by atoms with E-state index in [1.54, 1.807) is 18.3 Å². The average molecular weight is 312 g/mol. The van der Waals surface area contributed by atoms with Gasteiger partial charge in [0.2, 0.25) is 15.5 Å². The SMILES string of the molecule is Cc1cc(C(C)NS(=O)(=O)c2c[nH]ccc2=O)c(C)s1. The molecular formula is C13H16N2O3S2. The number of thiophene rings is 1. The van der Waals surface area contributed by atoms with Crippen LogP contribution in [0, 0.1) is 13.8 Å². The van der Waals surface area contributed by atoms with Crippen LogP contribution in [0.4, 0.5) is 0 Å². The van der Waals surface area contributed by atoms with Gasteiger partial charge in [-0.3, -0.25) is 4.79 Å². The van der Waals surface area contributed by atoms with E-state index < -0.39 is 15.5 Å². The first-order valence-electron chi connectivity index (χ1n) is 6.07. The van der Waals surface area contributed by atoms with Crippen LogP contribution in [-0.2, 0) is 10.0 Å². The molecule has 0 aliphatic rings. The van der Waals surface area contributed by atoms with Gasteiger partial charge in [-0.25, -0.2) is 13.1 Å². The van der Waals surface area contributed by atoms with Gasteiger partial charge in [-0.2, -0.15) is 0 Å². The number of pyridine rings is 1. The molecular weight excluding hydrogens is 296 g/mol. The molecule has 0 bridgehead atoms. The van der Waals surface area contributed by atoms with E-state index >= 15 is 0 Å². The Balaban J connectivity index is 2.32. The van der Waals surface area contributed by atoms with E-state index in [2.05, 4.69) is 9.71 Å². The zero-order valence-electron chi connectivity index (χ0n) is 11.4. The lowest BCUT2D eigenvalue weighted by Crippen LogP contribution is -2.30. The Kier molecular flexibility index (Phi) is 4.12. The second kappa shape index (κ2) is 5.51. The maximum atomic E-state index is 12.2. The summed E-state index contributed by atoms with van der Waals surface area (Å²) in [6.07, 6.45) is 2.60. The maximum absolute atomic E-state index is 12.2. The summed E-state index contributed by atoms with van der Waals surface area (Å²) >= 11 is 1.62. The second-order valence-electron chi connectivity index (χ2n) is 4.58. The molecule has 7 heteroatoms. The minimum atomic E-state index is -3.83. The molecule has 0 aliphatic carbocycles. The highest BCUT2D eigenvalue weighted by Gasteiger charge is 2.22. The smallest absolute Gasteiger partial charge is 0.246 e. The molecule has 0 saturated heterocycles. The van der Waals surface area contributed by atoms with Gasteiger partial charge in [0.25, 0.3) is 0 Å². The fourth-order valence-corrected chi connectivity index (χ4v) is 4.35. The molecule has 2 rings (SSSR count). The summed E-state index contributed by atoms with van der Waals surface area (Å²) in [6.45, 7) is 5.70. The molecule has 0 spiro atoms. The Bertz CT molecular complexity index is 775. The summed E-state index contributed by atoms with van der Waals surface area (Å²) < 4.78 is 27.0. The average Bonchev–Trinajstić information content (AvgIpc) is 2.68. The summed E-state index contributed by atoms with van der Waals surface area (Å²) in [5.74, 6) is 0. The molecule has 0 radical (unpaired) electrons. The van der Waals surface area contributed by atoms with Gasteiger partial charge in [0.15, 0.2) is 0 Å². The van der Waals surface area contributed by atoms with Crippen LogP contribution in [0.5, 0.6) is 0 Å². The maximum Gasteiger partial charge on any atom is 0.246 e. The van der Waals surface area contributed by atoms with Gasteiger partial charge in [0.05, 0.1) is 0 Å². The minimum Gasteiger partial charge on any atom is -0.366 e. The number of sulfonamides is 1. The van der Waals surface area contributed by atoms with Crippen LogP contribution in [0.25, 0.3) is 0 Å². The molecule has 2 N–H and O–H groups in total. The highest BCUT2D eigenvalue weighted by Crippen LogP contribution is 2.26. The van der Waals surface area contributed by atoms with E-state index in [0.717, 1.165) is 15.3 Å². The van der Waals surface area contributed by atoms with Gasteiger partial charge in [-0.05, 0) is 32.4 Å². The number of aromatic amines is 1. The van der Waals surface area contributed by atoms with E-state index in [-0.39, 0.29) is 10.9 Å². The highest BCUT2D eigenvalue weighted by molar-refractivity contribution is 7.89. The quantitative estimate of drug-likeness (QED) is 0.907. The molecule has 1 unspecified atom stereocenters. The van der Waals surface area contributed by atoms with Crippen LogP contribution in [0.3, 0.4) is 0 Å². The Hall–Kier alpha value is -1.44. The molecule has 2 aromatic rings. The number of hydrogen-bond acceptors (Lipinski definition) is 4. The summed E-state index contributed by atoms with van der Waals surface area (Å²) in [5, 5.41) is 0. The van der Waals surface area contributed by atoms with Crippen molar-refractivity contribution in [3.8, 4) is 0 Å². The van der Waals surface area contributed by atoms with Crippen molar-refractivity contribution in [1.29, 1.82) is 0 Å². The van der Waals surface area contributed by atoms with Crippen LogP contribution < -0.4 is 10.2 Å². The molecule has 2 aromatic heterocycles. The van der Waals surface area contributed by atoms with Gasteiger partial charge in [-0.1, -0.05) is 0 Å². The number of H-pyrrole nitrogens is 1. The zero-order chi connectivity index (χ0) is 14.9. The number of rotatable bonds is 4. The first-order chi connectivity index (χ1) is 9.31. The lowest BCUT2D eigenvalue weighted by Gasteiger charge is -2.13. The molecule has 108 valence electrons. The van der Waals surface area contributed by atoms with Gasteiger partial charge in [-0.15, -0.1) is 11.3 Å². The minimum absolute atomic E-state index is 0.267. The number of aromatic nitrogens is 1. The van der Waals surface area contributed by atoms with Crippen LogP contribution >= 0.6 is 11.3 Å². The number of aryl methyl sites for hydroxylation is 2. The fourth-order valence-electron chi connectivity index (χ4n) is 2.05. The van der Waals surface area contributed by atoms with Crippen molar-refractivity contribution < 1.29 is 8.42 Å². The van der Waals surface area contributed by atoms with Crippen molar-refractivity contribution in [2.75, 3.05) is 0 Å². The van der Waals surface area contributed by atoms with Crippen molar-refractivity contribution >= 4 is 21.4 Å². The third-order valence-corrected chi connectivity index (χ3v) is 5.50. The van der Waals surface area contributed by atoms with Crippen molar-refractivity contribution in [1.82, 2.24) is 9.71 Å². The Morgan fingerprint density at radius 2 is 2.05 bits per heavy atom. The summed E-state index contributed by atoms with van der Waals surface area (Å²) in [4.78, 5) is 16.2. The second-order valence-corrected chi connectivity index (χ2v) is 7.73. The Morgan fingerprint density at radius 3 is 2.60 bits per heavy atom. The third kappa shape index (κ3) is 3.00. The van der Waals surface area contributed by atoms with Gasteiger partial charge in [0, 0.05) is 34.3 Å². The van der Waals surface area contributed by atoms with Gasteiger partial charge < -0.3 is 4.98 Å². The lowest BCUT2D eigenvalue weighted by atomic mass is 10.1. The predicted molar refractivity (Wildman–Crippen MR) is 79.6 cm³/mol. The molecule has 20 heavy (non-hydrogen) atoms. The zero-order valence-corrected chi connectivity index (χ0v) is 13.1. The highest BCUT2D eigenvalue weighted by atomic mass is 32.2. The first kappa shape index (κ1) is 15.0. The normalized spacial score (nSPS) is 13.3. The number of hydrogen-bond donors (Lipinski definition) is 2. The van der Waals surface area contributed by atoms with E-state index in [0.29, 0.717) is 0 Å². The van der Waals surface area contributed by atoms with Crippen molar-refractivity contribution in [3.63, 3.8) is 0 Å². The topological polar surface area (TPSA) is 79.0 Å². The standard InChI is InChI=1S/C13H16N2O3S2/c1-8-6-11(10(3)19-8)9(2)15-20(17,18)13-7-14-5-4-12(13)16/h4-7,9,15H,1-3H3,(H,14,16). The van der Waals surface area contributed by atoms with Crippen LogP contribution in [0.15, 0.2) is 34.2 Å². The molecule has 0 aliphatic heterocycles. The third-order valence-electron chi connectivity index (χ3n) is 2.96. The monoisotopic (exact) mass is 312 g/mol. The van der Waals surface area contributed by atoms with Crippen molar-refractivity contribution in [2.45, 2.75) is 31.7 Å². The van der Waals surface area contributed by atoms with Crippen LogP contribution in [0.2, 0.25) is 0 Å². The predicted octanol–water partition coefficient (Wildman–Crippen LogP) is 2.09. The summed E-state index contributed by atoms with van der Waals surface area (Å²) in [5.41, 5.74) is 0.408. The summed E-state index contributed by atoms with van der Waals surface area (Å²) in [6, 6.07) is 2.77. The Labute approximate surface area is 121 Å². The molecule has 0 fully saturated rings. The van der Waals surface area contributed by atoms with Gasteiger partial charge >= 0.3 is 0 Å². The molecule has 0 aromatic carbocycles. The van der Waals surface area contributed by atoms with Crippen LogP contribution in [0.1, 0.15) is 28.3 Å². The molecule has 0 amide bonds. The van der Waals surface area contributed by atoms with Crippen molar-refractivity contribution in [2.24, 2.45) is 0 Å². The molecule has 2 heterocycles.